The number of anilines is 1. The Labute approximate surface area is 177 Å². The summed E-state index contributed by atoms with van der Waals surface area (Å²) in [7, 11) is 0. The molecule has 2 aromatic heterocycles. The Morgan fingerprint density at radius 2 is 1.97 bits per heavy atom. The molecule has 4 aromatic rings. The summed E-state index contributed by atoms with van der Waals surface area (Å²) in [5, 5.41) is 2.82. The maximum absolute atomic E-state index is 12.9. The second-order valence-electron chi connectivity index (χ2n) is 6.03. The van der Waals surface area contributed by atoms with E-state index in [9.17, 15) is 22.8 Å². The van der Waals surface area contributed by atoms with Crippen LogP contribution in [0.1, 0.15) is 15.2 Å². The van der Waals surface area contributed by atoms with Crippen LogP contribution in [0, 0.1) is 3.95 Å². The van der Waals surface area contributed by atoms with Crippen molar-refractivity contribution in [2.45, 2.75) is 6.18 Å². The normalized spacial score (nSPS) is 11.9. The Kier molecular flexibility index (Phi) is 4.83. The standard InChI is InChI=1S/C18H9BrF3N3O2S2/c19-9-4-5-12-11(7-9)15(26)24-14-13(29-17(28)25(12)14)16(27)23-10-3-1-2-8(6-10)18(20,21)22/h1-7H,(H,23,27)(H,24,26). The summed E-state index contributed by atoms with van der Waals surface area (Å²) in [6.45, 7) is 0. The molecule has 0 spiro atoms. The molecular formula is C18H9BrF3N3O2S2. The minimum absolute atomic E-state index is 0.0191. The predicted octanol–water partition coefficient (Wildman–Crippen LogP) is 5.61. The zero-order valence-electron chi connectivity index (χ0n) is 14.1. The minimum atomic E-state index is -4.53. The van der Waals surface area contributed by atoms with Crippen LogP contribution in [0.5, 0.6) is 0 Å². The molecule has 0 fully saturated rings. The van der Waals surface area contributed by atoms with Gasteiger partial charge in [-0.1, -0.05) is 33.3 Å². The largest absolute Gasteiger partial charge is 0.416 e. The molecule has 0 aliphatic heterocycles. The maximum atomic E-state index is 12.9. The van der Waals surface area contributed by atoms with Crippen molar-refractivity contribution in [1.82, 2.24) is 9.38 Å². The van der Waals surface area contributed by atoms with E-state index in [1.54, 1.807) is 22.6 Å². The Balaban J connectivity index is 1.82. The molecule has 0 aliphatic carbocycles. The number of hydrogen-bond donors (Lipinski definition) is 2. The molecular weight excluding hydrogens is 491 g/mol. The minimum Gasteiger partial charge on any atom is -0.321 e. The molecule has 0 saturated carbocycles. The van der Waals surface area contributed by atoms with Crippen LogP contribution < -0.4 is 10.9 Å². The van der Waals surface area contributed by atoms with Gasteiger partial charge in [0.15, 0.2) is 3.95 Å². The number of benzene rings is 2. The fourth-order valence-corrected chi connectivity index (χ4v) is 4.52. The lowest BCUT2D eigenvalue weighted by Gasteiger charge is -2.09. The summed E-state index contributed by atoms with van der Waals surface area (Å²) in [5.74, 6) is -0.671. The summed E-state index contributed by atoms with van der Waals surface area (Å²) in [4.78, 5) is 27.9. The van der Waals surface area contributed by atoms with Crippen LogP contribution >= 0.6 is 39.5 Å². The quantitative estimate of drug-likeness (QED) is 0.352. The third kappa shape index (κ3) is 3.61. The van der Waals surface area contributed by atoms with Gasteiger partial charge in [-0.3, -0.25) is 14.0 Å². The summed E-state index contributed by atoms with van der Waals surface area (Å²) in [6, 6.07) is 9.36. The van der Waals surface area contributed by atoms with Gasteiger partial charge in [0.2, 0.25) is 0 Å². The number of halogens is 4. The zero-order valence-corrected chi connectivity index (χ0v) is 17.4. The average Bonchev–Trinajstić information content (AvgIpc) is 2.98. The molecule has 0 bridgehead atoms. The number of aromatic amines is 1. The van der Waals surface area contributed by atoms with Gasteiger partial charge in [0.25, 0.3) is 11.5 Å². The molecule has 2 N–H and O–H groups in total. The SMILES string of the molecule is O=C(Nc1cccc(C(F)(F)F)c1)c1sc(=S)n2c1[nH]c(=O)c1cc(Br)ccc12. The van der Waals surface area contributed by atoms with E-state index in [1.807, 2.05) is 0 Å². The Hall–Kier alpha value is -2.50. The summed E-state index contributed by atoms with van der Waals surface area (Å²) >= 11 is 9.61. The number of hydrogen-bond acceptors (Lipinski definition) is 4. The lowest BCUT2D eigenvalue weighted by molar-refractivity contribution is -0.137. The number of nitrogens with zero attached hydrogens (tertiary/aromatic N) is 1. The van der Waals surface area contributed by atoms with E-state index < -0.39 is 23.2 Å². The molecule has 0 radical (unpaired) electrons. The van der Waals surface area contributed by atoms with Gasteiger partial charge in [0, 0.05) is 10.2 Å². The zero-order chi connectivity index (χ0) is 20.9. The Morgan fingerprint density at radius 1 is 1.21 bits per heavy atom. The average molecular weight is 500 g/mol. The first-order chi connectivity index (χ1) is 13.6. The third-order valence-electron chi connectivity index (χ3n) is 4.14. The molecule has 1 amide bonds. The van der Waals surface area contributed by atoms with Crippen molar-refractivity contribution < 1.29 is 18.0 Å². The van der Waals surface area contributed by atoms with Gasteiger partial charge >= 0.3 is 6.18 Å². The van der Waals surface area contributed by atoms with E-state index in [2.05, 4.69) is 26.2 Å². The molecule has 148 valence electrons. The molecule has 11 heteroatoms. The third-order valence-corrected chi connectivity index (χ3v) is 6.01. The number of carbonyl (C=O) groups is 1. The van der Waals surface area contributed by atoms with E-state index in [0.717, 1.165) is 23.5 Å². The highest BCUT2D eigenvalue weighted by Gasteiger charge is 2.30. The second kappa shape index (κ2) is 7.08. The highest BCUT2D eigenvalue weighted by atomic mass is 79.9. The van der Waals surface area contributed by atoms with Crippen LogP contribution in [0.2, 0.25) is 0 Å². The second-order valence-corrected chi connectivity index (χ2v) is 8.59. The van der Waals surface area contributed by atoms with Crippen LogP contribution in [-0.2, 0) is 6.18 Å². The van der Waals surface area contributed by atoms with Gasteiger partial charge in [-0.05, 0) is 48.6 Å². The summed E-state index contributed by atoms with van der Waals surface area (Å²) < 4.78 is 41.3. The van der Waals surface area contributed by atoms with Crippen LogP contribution in [0.4, 0.5) is 18.9 Å². The van der Waals surface area contributed by atoms with Crippen LogP contribution in [0.25, 0.3) is 16.6 Å². The number of H-pyrrole nitrogens is 1. The topological polar surface area (TPSA) is 66.4 Å². The van der Waals surface area contributed by atoms with Crippen molar-refractivity contribution in [2.24, 2.45) is 0 Å². The van der Waals surface area contributed by atoms with Crippen molar-refractivity contribution in [2.75, 3.05) is 5.32 Å². The number of rotatable bonds is 2. The first-order valence-corrected chi connectivity index (χ1v) is 10.0. The number of amides is 1. The van der Waals surface area contributed by atoms with Gasteiger partial charge in [0.1, 0.15) is 10.5 Å². The highest BCUT2D eigenvalue weighted by molar-refractivity contribution is 9.10. The predicted molar refractivity (Wildman–Crippen MR) is 111 cm³/mol. The lowest BCUT2D eigenvalue weighted by Crippen LogP contribution is -2.15. The lowest BCUT2D eigenvalue weighted by atomic mass is 10.2. The molecule has 2 heterocycles. The molecule has 29 heavy (non-hydrogen) atoms. The number of thiazole rings is 1. The molecule has 0 aliphatic rings. The van der Waals surface area contributed by atoms with E-state index in [4.69, 9.17) is 12.2 Å². The van der Waals surface area contributed by atoms with Crippen molar-refractivity contribution in [1.29, 1.82) is 0 Å². The summed E-state index contributed by atoms with van der Waals surface area (Å²) in [5.41, 5.74) is -0.609. The smallest absolute Gasteiger partial charge is 0.321 e. The van der Waals surface area contributed by atoms with Crippen LogP contribution in [-0.4, -0.2) is 15.3 Å². The molecule has 4 rings (SSSR count). The summed E-state index contributed by atoms with van der Waals surface area (Å²) in [6.07, 6.45) is -4.53. The fourth-order valence-electron chi connectivity index (χ4n) is 2.88. The number of aromatic nitrogens is 2. The van der Waals surface area contributed by atoms with E-state index in [1.165, 1.54) is 12.1 Å². The number of fused-ring (bicyclic) bond motifs is 3. The van der Waals surface area contributed by atoms with E-state index in [0.29, 0.717) is 19.3 Å². The van der Waals surface area contributed by atoms with E-state index >= 15 is 0 Å². The Bertz CT molecular complexity index is 1410. The van der Waals surface area contributed by atoms with Crippen molar-refractivity contribution in [3.8, 4) is 0 Å². The van der Waals surface area contributed by atoms with Crippen molar-refractivity contribution >= 4 is 67.6 Å². The van der Waals surface area contributed by atoms with Gasteiger partial charge in [-0.25, -0.2) is 0 Å². The van der Waals surface area contributed by atoms with Crippen molar-refractivity contribution in [3.63, 3.8) is 0 Å². The van der Waals surface area contributed by atoms with Crippen molar-refractivity contribution in [3.05, 3.63) is 71.7 Å². The van der Waals surface area contributed by atoms with Crippen LogP contribution in [0.3, 0.4) is 0 Å². The maximum Gasteiger partial charge on any atom is 0.416 e. The molecule has 0 unspecified atom stereocenters. The first kappa shape index (κ1) is 19.8. The highest BCUT2D eigenvalue weighted by Crippen LogP contribution is 2.31. The monoisotopic (exact) mass is 499 g/mol. The number of nitrogens with one attached hydrogen (secondary N) is 2. The molecule has 2 aromatic carbocycles. The first-order valence-electron chi connectivity index (χ1n) is 8.01. The number of alkyl halides is 3. The van der Waals surface area contributed by atoms with Gasteiger partial charge in [-0.15, -0.1) is 0 Å². The van der Waals surface area contributed by atoms with Gasteiger partial charge < -0.3 is 10.3 Å². The molecule has 0 atom stereocenters. The van der Waals surface area contributed by atoms with Crippen LogP contribution in [0.15, 0.2) is 51.7 Å². The fraction of sp³-hybridized carbons (Fsp3) is 0.0556. The van der Waals surface area contributed by atoms with Gasteiger partial charge in [-0.2, -0.15) is 13.2 Å². The van der Waals surface area contributed by atoms with E-state index in [-0.39, 0.29) is 16.2 Å². The molecule has 0 saturated heterocycles. The Morgan fingerprint density at radius 3 is 2.69 bits per heavy atom. The van der Waals surface area contributed by atoms with Gasteiger partial charge in [0.05, 0.1) is 16.5 Å². The molecule has 5 nitrogen and oxygen atoms in total. The number of carbonyl (C=O) groups excluding carboxylic acids is 1.